The molecule has 0 atom stereocenters. The molecule has 0 aliphatic carbocycles. The summed E-state index contributed by atoms with van der Waals surface area (Å²) >= 11 is 0. The maximum Gasteiger partial charge on any atom is 0.0160 e. The van der Waals surface area contributed by atoms with Gasteiger partial charge in [-0.05, 0) is 44.3 Å². The predicted molar refractivity (Wildman–Crippen MR) is 132 cm³/mol. The molecule has 0 saturated carbocycles. The quantitative estimate of drug-likeness (QED) is 0.186. The van der Waals surface area contributed by atoms with Gasteiger partial charge in [0.05, 0.1) is 0 Å². The number of hydrogen-bond donors (Lipinski definition) is 0. The summed E-state index contributed by atoms with van der Waals surface area (Å²) in [5, 5.41) is 0. The minimum Gasteiger partial charge on any atom is -0.501 e. The van der Waals surface area contributed by atoms with E-state index in [1.54, 1.807) is 12.4 Å². The van der Waals surface area contributed by atoms with Gasteiger partial charge in [-0.25, -0.2) is 0 Å². The molecular weight excluding hydrogens is 571 g/mol. The van der Waals surface area contributed by atoms with Crippen molar-refractivity contribution in [2.45, 2.75) is 26.3 Å². The van der Waals surface area contributed by atoms with Crippen molar-refractivity contribution in [3.05, 3.63) is 117 Å². The maximum atomic E-state index is 4.93. The summed E-state index contributed by atoms with van der Waals surface area (Å²) < 4.78 is 0. The first kappa shape index (κ1) is 29.1. The van der Waals surface area contributed by atoms with Gasteiger partial charge in [0.1, 0.15) is 0 Å². The molecule has 4 aromatic rings. The number of aliphatic imine (C=N–C) groups is 1. The molecule has 0 saturated heterocycles. The average molecular weight is 600 g/mol. The molecule has 1 radical (unpaired) electrons. The minimum absolute atomic E-state index is 0. The molecule has 0 N–H and O–H groups in total. The fourth-order valence-electron chi connectivity index (χ4n) is 2.15. The summed E-state index contributed by atoms with van der Waals surface area (Å²) in [6.07, 6.45) is 3.58. The third kappa shape index (κ3) is 11.5. The smallest absolute Gasteiger partial charge is 0.0160 e. The van der Waals surface area contributed by atoms with E-state index >= 15 is 0 Å². The Labute approximate surface area is 207 Å². The molecule has 169 valence electrons. The maximum absolute atomic E-state index is 4.93. The predicted octanol–water partition coefficient (Wildman–Crippen LogP) is 6.91. The average Bonchev–Trinajstić information content (AvgIpc) is 2.82. The molecule has 3 nitrogen and oxygen atoms in total. The molecule has 2 aromatic carbocycles. The van der Waals surface area contributed by atoms with Crippen LogP contribution in [0.5, 0.6) is 0 Å². The summed E-state index contributed by atoms with van der Waals surface area (Å²) in [7, 11) is 0. The van der Waals surface area contributed by atoms with Crippen LogP contribution in [0, 0.1) is 19.6 Å². The molecule has 0 bridgehead atoms. The van der Waals surface area contributed by atoms with E-state index in [2.05, 4.69) is 27.1 Å². The first-order valence-corrected chi connectivity index (χ1v) is 9.68. The molecule has 0 aliphatic rings. The van der Waals surface area contributed by atoms with E-state index in [-0.39, 0.29) is 33.1 Å². The zero-order valence-corrected chi connectivity index (χ0v) is 21.4. The van der Waals surface area contributed by atoms with Crippen molar-refractivity contribution in [3.8, 4) is 22.5 Å². The standard InChI is InChI=1S/2C11H8N.C5H10N.CH3.Ir/c2*1-2-6-10(7-3-1)11-8-4-5-9-12-11;1-5(2,3)6-4;;/h2*1-6,8-9H;4H,1-3H3;1H3;/q4*-1;. The van der Waals surface area contributed by atoms with Crippen LogP contribution in [-0.2, 0) is 20.1 Å². The van der Waals surface area contributed by atoms with Crippen LogP contribution in [0.2, 0.25) is 0 Å². The zero-order valence-electron chi connectivity index (χ0n) is 19.0. The Morgan fingerprint density at radius 1 is 0.688 bits per heavy atom. The Morgan fingerprint density at radius 2 is 1.06 bits per heavy atom. The largest absolute Gasteiger partial charge is 0.501 e. The zero-order chi connectivity index (χ0) is 21.7. The molecule has 2 aromatic heterocycles. The van der Waals surface area contributed by atoms with Gasteiger partial charge in [0.25, 0.3) is 0 Å². The van der Waals surface area contributed by atoms with E-state index < -0.39 is 0 Å². The molecule has 0 spiro atoms. The second-order valence-corrected chi connectivity index (χ2v) is 7.28. The normalized spacial score (nSPS) is 9.34. The van der Waals surface area contributed by atoms with Crippen LogP contribution in [0.1, 0.15) is 20.8 Å². The molecule has 4 heteroatoms. The second-order valence-electron chi connectivity index (χ2n) is 7.28. The third-order valence-electron chi connectivity index (χ3n) is 3.69. The summed E-state index contributed by atoms with van der Waals surface area (Å²) in [5.41, 5.74) is 3.97. The summed E-state index contributed by atoms with van der Waals surface area (Å²) in [6.45, 7) is 10.8. The van der Waals surface area contributed by atoms with Gasteiger partial charge in [-0.1, -0.05) is 24.3 Å². The van der Waals surface area contributed by atoms with Crippen LogP contribution in [0.4, 0.5) is 0 Å². The van der Waals surface area contributed by atoms with Gasteiger partial charge in [-0.15, -0.1) is 71.8 Å². The van der Waals surface area contributed by atoms with Gasteiger partial charge >= 0.3 is 0 Å². The van der Waals surface area contributed by atoms with E-state index in [0.717, 1.165) is 22.5 Å². The fraction of sp³-hybridized carbons (Fsp3) is 0.143. The number of nitrogens with zero attached hydrogens (tertiary/aromatic N) is 3. The molecule has 4 rings (SSSR count). The molecule has 32 heavy (non-hydrogen) atoms. The Bertz CT molecular complexity index is 819. The number of aromatic nitrogens is 2. The fourth-order valence-corrected chi connectivity index (χ4v) is 2.15. The first-order chi connectivity index (χ1) is 14.5. The first-order valence-electron chi connectivity index (χ1n) is 9.68. The second kappa shape index (κ2) is 15.8. The van der Waals surface area contributed by atoms with E-state index in [4.69, 9.17) is 6.72 Å². The van der Waals surface area contributed by atoms with Crippen LogP contribution in [-0.4, -0.2) is 22.2 Å². The number of hydrogen-bond acceptors (Lipinski definition) is 3. The van der Waals surface area contributed by atoms with E-state index in [9.17, 15) is 0 Å². The molecule has 0 aliphatic heterocycles. The van der Waals surface area contributed by atoms with Crippen LogP contribution in [0.25, 0.3) is 22.5 Å². The van der Waals surface area contributed by atoms with Crippen molar-refractivity contribution in [2.24, 2.45) is 4.99 Å². The molecule has 2 heterocycles. The molecular formula is C28H29IrN3-4. The summed E-state index contributed by atoms with van der Waals surface area (Å²) in [6, 6.07) is 33.6. The SMILES string of the molecule is [CH-]=NC(C)(C)C.[CH3-].[Ir].[c-]1ccccc1-c1ccccn1.[c-]1ccccc1-c1ccccn1. The Hall–Kier alpha value is -2.94. The van der Waals surface area contributed by atoms with Gasteiger partial charge in [-0.2, -0.15) is 0 Å². The van der Waals surface area contributed by atoms with Crippen molar-refractivity contribution in [2.75, 3.05) is 0 Å². The van der Waals surface area contributed by atoms with Crippen molar-refractivity contribution >= 4 is 6.72 Å². The number of pyridine rings is 2. The van der Waals surface area contributed by atoms with Crippen molar-refractivity contribution in [1.29, 1.82) is 0 Å². The third-order valence-corrected chi connectivity index (χ3v) is 3.69. The monoisotopic (exact) mass is 600 g/mol. The van der Waals surface area contributed by atoms with Gasteiger partial charge in [0.2, 0.25) is 0 Å². The van der Waals surface area contributed by atoms with Gasteiger partial charge < -0.3 is 29.1 Å². The minimum atomic E-state index is -0.0556. The van der Waals surface area contributed by atoms with E-state index in [1.807, 2.05) is 106 Å². The van der Waals surface area contributed by atoms with Crippen LogP contribution in [0.15, 0.2) is 102 Å². The number of rotatable bonds is 2. The van der Waals surface area contributed by atoms with Crippen LogP contribution < -0.4 is 0 Å². The van der Waals surface area contributed by atoms with Crippen molar-refractivity contribution in [1.82, 2.24) is 9.97 Å². The Kier molecular flexibility index (Phi) is 14.3. The number of benzene rings is 2. The van der Waals surface area contributed by atoms with Gasteiger partial charge in [-0.3, -0.25) is 0 Å². The van der Waals surface area contributed by atoms with Gasteiger partial charge in [0, 0.05) is 38.0 Å². The Morgan fingerprint density at radius 3 is 1.31 bits per heavy atom. The van der Waals surface area contributed by atoms with E-state index in [1.165, 1.54) is 0 Å². The Balaban J connectivity index is 0.000000463. The van der Waals surface area contributed by atoms with Crippen molar-refractivity contribution < 1.29 is 20.1 Å². The topological polar surface area (TPSA) is 38.1 Å². The van der Waals surface area contributed by atoms with Crippen LogP contribution >= 0.6 is 0 Å². The summed E-state index contributed by atoms with van der Waals surface area (Å²) in [5.74, 6) is 0. The van der Waals surface area contributed by atoms with Crippen LogP contribution in [0.3, 0.4) is 0 Å². The van der Waals surface area contributed by atoms with E-state index in [0.29, 0.717) is 0 Å². The van der Waals surface area contributed by atoms with Crippen molar-refractivity contribution in [3.63, 3.8) is 0 Å². The molecule has 0 fully saturated rings. The molecule has 0 unspecified atom stereocenters. The summed E-state index contributed by atoms with van der Waals surface area (Å²) in [4.78, 5) is 12.0. The molecule has 0 amide bonds. The van der Waals surface area contributed by atoms with Gasteiger partial charge in [0.15, 0.2) is 0 Å².